The molecule has 0 radical (unpaired) electrons. The summed E-state index contributed by atoms with van der Waals surface area (Å²) in [6.07, 6.45) is 12.3. The van der Waals surface area contributed by atoms with E-state index in [0.717, 1.165) is 30.6 Å². The smallest absolute Gasteiger partial charge is 0.206 e. The van der Waals surface area contributed by atoms with Crippen molar-refractivity contribution in [2.45, 2.75) is 65.2 Å². The minimum Gasteiger partial charge on any atom is -0.486 e. The predicted molar refractivity (Wildman–Crippen MR) is 104 cm³/mol. The molecule has 1 saturated carbocycles. The fourth-order valence-electron chi connectivity index (χ4n) is 4.64. The van der Waals surface area contributed by atoms with Crippen molar-refractivity contribution in [1.29, 1.82) is 0 Å². The lowest BCUT2D eigenvalue weighted by Gasteiger charge is -2.35. The van der Waals surface area contributed by atoms with Crippen LogP contribution in [0.4, 0.5) is 8.78 Å². The molecule has 27 heavy (non-hydrogen) atoms. The van der Waals surface area contributed by atoms with Crippen molar-refractivity contribution in [3.8, 4) is 11.5 Å². The van der Waals surface area contributed by atoms with Gasteiger partial charge in [-0.05, 0) is 74.0 Å². The highest BCUT2D eigenvalue weighted by molar-refractivity contribution is 6.09. The van der Waals surface area contributed by atoms with Gasteiger partial charge in [0.2, 0.25) is 11.6 Å². The number of aryl methyl sites for hydroxylation is 1. The van der Waals surface area contributed by atoms with E-state index >= 15 is 0 Å². The van der Waals surface area contributed by atoms with Crippen LogP contribution in [0.2, 0.25) is 0 Å². The Morgan fingerprint density at radius 2 is 1.81 bits per heavy atom. The first-order chi connectivity index (χ1) is 13.0. The van der Waals surface area contributed by atoms with E-state index in [9.17, 15) is 8.78 Å². The molecule has 0 amide bonds. The summed E-state index contributed by atoms with van der Waals surface area (Å²) < 4.78 is 38.0. The summed E-state index contributed by atoms with van der Waals surface area (Å²) in [5, 5.41) is 0. The number of ether oxygens (including phenoxy) is 1. The summed E-state index contributed by atoms with van der Waals surface area (Å²) in [4.78, 5) is 0. The van der Waals surface area contributed by atoms with E-state index in [1.165, 1.54) is 50.2 Å². The highest BCUT2D eigenvalue weighted by atomic mass is 35.5. The molecule has 1 fully saturated rings. The molecule has 1 aromatic rings. The number of hydrogen-bond donors (Lipinski definition) is 0. The van der Waals surface area contributed by atoms with Crippen molar-refractivity contribution in [1.82, 2.24) is 0 Å². The molecule has 1 unspecified atom stereocenters. The van der Waals surface area contributed by atoms with Gasteiger partial charge in [0.15, 0.2) is 11.5 Å². The zero-order chi connectivity index (χ0) is 19.4. The van der Waals surface area contributed by atoms with Crippen LogP contribution in [-0.2, 0) is 0 Å². The van der Waals surface area contributed by atoms with Crippen molar-refractivity contribution < 1.29 is 17.8 Å². The molecule has 0 aliphatic heterocycles. The van der Waals surface area contributed by atoms with Crippen LogP contribution in [0.25, 0.3) is 0 Å². The Hall–Kier alpha value is -1.29. The quantitative estimate of drug-likeness (QED) is 0.474. The van der Waals surface area contributed by atoms with Gasteiger partial charge in [-0.2, -0.15) is 8.78 Å². The van der Waals surface area contributed by atoms with Crippen molar-refractivity contribution in [2.75, 3.05) is 6.61 Å². The van der Waals surface area contributed by atoms with Gasteiger partial charge in [0.25, 0.3) is 0 Å². The number of benzene rings is 1. The molecule has 0 saturated heterocycles. The minimum atomic E-state index is -1.12. The highest BCUT2D eigenvalue weighted by Gasteiger charge is 2.28. The largest absolute Gasteiger partial charge is 0.486 e. The lowest BCUT2D eigenvalue weighted by atomic mass is 9.71. The summed E-state index contributed by atoms with van der Waals surface area (Å²) in [6.45, 7) is 4.25. The van der Waals surface area contributed by atoms with Crippen molar-refractivity contribution in [3.63, 3.8) is 0 Å². The Bertz CT molecular complexity index is 681. The number of halogens is 3. The van der Waals surface area contributed by atoms with Gasteiger partial charge in [-0.3, -0.25) is 0 Å². The van der Waals surface area contributed by atoms with E-state index in [2.05, 4.69) is 17.3 Å². The second-order valence-corrected chi connectivity index (χ2v) is 8.25. The number of allylic oxidation sites excluding steroid dienone is 1. The maximum atomic E-state index is 14.2. The molecule has 0 bridgehead atoms. The van der Waals surface area contributed by atoms with Gasteiger partial charge in [-0.1, -0.05) is 32.3 Å². The van der Waals surface area contributed by atoms with Gasteiger partial charge in [-0.15, -0.1) is 0 Å². The average Bonchev–Trinajstić information content (AvgIpc) is 2.71. The number of rotatable bonds is 6. The van der Waals surface area contributed by atoms with Gasteiger partial charge in [-0.25, -0.2) is 0 Å². The van der Waals surface area contributed by atoms with Gasteiger partial charge >= 0.3 is 0 Å². The maximum Gasteiger partial charge on any atom is 0.206 e. The third-order valence-corrected chi connectivity index (χ3v) is 6.65. The van der Waals surface area contributed by atoms with Crippen LogP contribution >= 0.6 is 11.9 Å². The van der Waals surface area contributed by atoms with Crippen LogP contribution < -0.4 is 9.03 Å². The molecule has 2 aliphatic carbocycles. The van der Waals surface area contributed by atoms with Gasteiger partial charge in [0, 0.05) is 0 Å². The Kier molecular flexibility index (Phi) is 7.02. The third kappa shape index (κ3) is 4.77. The van der Waals surface area contributed by atoms with E-state index in [4.69, 9.17) is 16.6 Å². The van der Waals surface area contributed by atoms with E-state index in [0.29, 0.717) is 12.2 Å². The molecule has 2 aliphatic rings. The second-order valence-electron chi connectivity index (χ2n) is 8.10. The molecule has 150 valence electrons. The first kappa shape index (κ1) is 20.4. The van der Waals surface area contributed by atoms with Crippen molar-refractivity contribution in [2.24, 2.45) is 17.8 Å². The Morgan fingerprint density at radius 3 is 2.41 bits per heavy atom. The monoisotopic (exact) mass is 398 g/mol. The molecule has 1 aromatic carbocycles. The Labute approximate surface area is 166 Å². The first-order valence-corrected chi connectivity index (χ1v) is 10.4. The molecule has 5 heteroatoms. The van der Waals surface area contributed by atoms with Crippen LogP contribution in [0.1, 0.15) is 63.9 Å². The molecular formula is C22H29ClF2O2. The van der Waals surface area contributed by atoms with Crippen LogP contribution in [0, 0.1) is 36.3 Å². The first-order valence-electron chi connectivity index (χ1n) is 10.1. The lowest BCUT2D eigenvalue weighted by molar-refractivity contribution is 0.187. The second kappa shape index (κ2) is 9.27. The maximum absolute atomic E-state index is 14.2. The lowest BCUT2D eigenvalue weighted by Crippen LogP contribution is -2.23. The molecular weight excluding hydrogens is 370 g/mol. The Balaban J connectivity index is 1.55. The molecule has 0 aromatic heterocycles. The Morgan fingerprint density at radius 1 is 1.07 bits per heavy atom. The van der Waals surface area contributed by atoms with E-state index in [1.54, 1.807) is 6.92 Å². The fourth-order valence-corrected chi connectivity index (χ4v) is 4.75. The van der Waals surface area contributed by atoms with Gasteiger partial charge in [0.1, 0.15) is 18.5 Å². The molecule has 1 atom stereocenters. The predicted octanol–water partition coefficient (Wildman–Crippen LogP) is 7.13. The topological polar surface area (TPSA) is 18.5 Å². The van der Waals surface area contributed by atoms with Gasteiger partial charge < -0.3 is 9.03 Å². The summed E-state index contributed by atoms with van der Waals surface area (Å²) in [5.41, 5.74) is 1.64. The standard InChI is InChI=1S/C22H29ClF2O2/c1-3-15-4-8-17(9-5-15)18-10-6-16(7-11-18)13-26-22-14(2)12-19(27-23)20(24)21(22)25/h6,12,15,17-18H,3-5,7-11,13H2,1-2H3. The summed E-state index contributed by atoms with van der Waals surface area (Å²) >= 11 is 5.16. The SMILES string of the molecule is CCC1CCC(C2CC=C(COc3c(C)cc(OCl)c(F)c3F)CC2)CC1. The fraction of sp³-hybridized carbons (Fsp3) is 0.636. The van der Waals surface area contributed by atoms with Crippen LogP contribution in [0.3, 0.4) is 0 Å². The van der Waals surface area contributed by atoms with E-state index in [-0.39, 0.29) is 11.5 Å². The van der Waals surface area contributed by atoms with Crippen LogP contribution in [0.15, 0.2) is 17.7 Å². The summed E-state index contributed by atoms with van der Waals surface area (Å²) in [6, 6.07) is 1.35. The molecule has 0 spiro atoms. The third-order valence-electron chi connectivity index (χ3n) is 6.48. The van der Waals surface area contributed by atoms with E-state index in [1.807, 2.05) is 0 Å². The summed E-state index contributed by atoms with van der Waals surface area (Å²) in [5.74, 6) is -0.00880. The van der Waals surface area contributed by atoms with Crippen LogP contribution in [-0.4, -0.2) is 6.61 Å². The van der Waals surface area contributed by atoms with Crippen LogP contribution in [0.5, 0.6) is 11.5 Å². The van der Waals surface area contributed by atoms with Crippen molar-refractivity contribution >= 4 is 11.9 Å². The molecule has 2 nitrogen and oxygen atoms in total. The normalized spacial score (nSPS) is 25.8. The van der Waals surface area contributed by atoms with Crippen molar-refractivity contribution in [3.05, 3.63) is 34.9 Å². The van der Waals surface area contributed by atoms with E-state index < -0.39 is 11.6 Å². The zero-order valence-electron chi connectivity index (χ0n) is 16.2. The molecule has 0 N–H and O–H groups in total. The zero-order valence-corrected chi connectivity index (χ0v) is 17.0. The number of hydrogen-bond acceptors (Lipinski definition) is 2. The van der Waals surface area contributed by atoms with Gasteiger partial charge in [0.05, 0.1) is 0 Å². The summed E-state index contributed by atoms with van der Waals surface area (Å²) in [7, 11) is 0. The highest BCUT2D eigenvalue weighted by Crippen LogP contribution is 2.40. The minimum absolute atomic E-state index is 0.0640. The molecule has 3 rings (SSSR count). The average molecular weight is 399 g/mol. The molecule has 0 heterocycles.